The number of nitrogens with one attached hydrogen (secondary N) is 1. The van der Waals surface area contributed by atoms with E-state index in [-0.39, 0.29) is 0 Å². The Hall–Kier alpha value is -1.06. The van der Waals surface area contributed by atoms with Crippen molar-refractivity contribution in [3.63, 3.8) is 0 Å². The number of benzene rings is 1. The topological polar surface area (TPSA) is 47.3 Å². The molecule has 1 aliphatic carbocycles. The van der Waals surface area contributed by atoms with Gasteiger partial charge in [0.05, 0.1) is 0 Å². The van der Waals surface area contributed by atoms with Gasteiger partial charge in [-0.25, -0.2) is 0 Å². The highest BCUT2D eigenvalue weighted by Crippen LogP contribution is 2.48. The standard InChI is InChI=1S/C16H26N2O/c1-19-12-10-16(8-9-16)13-18-11-2-3-14-4-6-15(17)7-5-14/h4-7,18H,2-3,8-13,17H2,1H3. The minimum Gasteiger partial charge on any atom is -0.399 e. The van der Waals surface area contributed by atoms with Gasteiger partial charge < -0.3 is 15.8 Å². The van der Waals surface area contributed by atoms with E-state index in [2.05, 4.69) is 17.4 Å². The Morgan fingerprint density at radius 3 is 2.63 bits per heavy atom. The zero-order chi connectivity index (χ0) is 13.6. The minimum absolute atomic E-state index is 0.553. The lowest BCUT2D eigenvalue weighted by molar-refractivity contribution is 0.171. The molecule has 1 fully saturated rings. The smallest absolute Gasteiger partial charge is 0.0468 e. The predicted octanol–water partition coefficient (Wildman–Crippen LogP) is 2.61. The summed E-state index contributed by atoms with van der Waals surface area (Å²) in [4.78, 5) is 0. The average molecular weight is 262 g/mol. The van der Waals surface area contributed by atoms with Crippen molar-refractivity contribution in [2.24, 2.45) is 5.41 Å². The maximum atomic E-state index is 5.68. The van der Waals surface area contributed by atoms with Crippen LogP contribution in [0.4, 0.5) is 5.69 Å². The van der Waals surface area contributed by atoms with E-state index in [1.807, 2.05) is 12.1 Å². The molecular formula is C16H26N2O. The van der Waals surface area contributed by atoms with Crippen molar-refractivity contribution in [3.8, 4) is 0 Å². The Morgan fingerprint density at radius 2 is 2.00 bits per heavy atom. The van der Waals surface area contributed by atoms with Crippen LogP contribution in [0.5, 0.6) is 0 Å². The fraction of sp³-hybridized carbons (Fsp3) is 0.625. The third-order valence-electron chi connectivity index (χ3n) is 4.09. The van der Waals surface area contributed by atoms with Gasteiger partial charge in [-0.2, -0.15) is 0 Å². The third kappa shape index (κ3) is 4.84. The number of hydrogen-bond donors (Lipinski definition) is 2. The van der Waals surface area contributed by atoms with E-state index in [0.29, 0.717) is 5.41 Å². The zero-order valence-electron chi connectivity index (χ0n) is 12.0. The Morgan fingerprint density at radius 1 is 1.26 bits per heavy atom. The van der Waals surface area contributed by atoms with Crippen LogP contribution in [-0.4, -0.2) is 26.8 Å². The summed E-state index contributed by atoms with van der Waals surface area (Å²) in [6, 6.07) is 8.20. The molecule has 3 N–H and O–H groups in total. The van der Waals surface area contributed by atoms with Crippen molar-refractivity contribution in [3.05, 3.63) is 29.8 Å². The first-order chi connectivity index (χ1) is 9.24. The van der Waals surface area contributed by atoms with Gasteiger partial charge in [-0.05, 0) is 61.8 Å². The SMILES string of the molecule is COCCC1(CNCCCc2ccc(N)cc2)CC1. The van der Waals surface area contributed by atoms with E-state index in [1.54, 1.807) is 7.11 Å². The minimum atomic E-state index is 0.553. The van der Waals surface area contributed by atoms with Crippen LogP contribution in [0, 0.1) is 5.41 Å². The van der Waals surface area contributed by atoms with Gasteiger partial charge in [-0.15, -0.1) is 0 Å². The fourth-order valence-electron chi connectivity index (χ4n) is 2.47. The molecule has 106 valence electrons. The van der Waals surface area contributed by atoms with Crippen molar-refractivity contribution >= 4 is 5.69 Å². The molecule has 0 aliphatic heterocycles. The molecule has 0 heterocycles. The Bertz CT molecular complexity index is 371. The summed E-state index contributed by atoms with van der Waals surface area (Å²) >= 11 is 0. The van der Waals surface area contributed by atoms with Gasteiger partial charge in [-0.3, -0.25) is 0 Å². The number of ether oxygens (including phenoxy) is 1. The number of rotatable bonds is 9. The molecule has 0 bridgehead atoms. The molecule has 0 aromatic heterocycles. The number of hydrogen-bond acceptors (Lipinski definition) is 3. The first kappa shape index (κ1) is 14.4. The van der Waals surface area contributed by atoms with Crippen LogP contribution in [0.25, 0.3) is 0 Å². The van der Waals surface area contributed by atoms with Crippen molar-refractivity contribution in [2.45, 2.75) is 32.1 Å². The number of anilines is 1. The lowest BCUT2D eigenvalue weighted by atomic mass is 10.0. The monoisotopic (exact) mass is 262 g/mol. The summed E-state index contributed by atoms with van der Waals surface area (Å²) in [5.74, 6) is 0. The summed E-state index contributed by atoms with van der Waals surface area (Å²) in [5.41, 5.74) is 8.44. The van der Waals surface area contributed by atoms with E-state index in [4.69, 9.17) is 10.5 Å². The highest BCUT2D eigenvalue weighted by molar-refractivity contribution is 5.39. The van der Waals surface area contributed by atoms with Gasteiger partial charge in [0.15, 0.2) is 0 Å². The van der Waals surface area contributed by atoms with E-state index >= 15 is 0 Å². The molecule has 0 radical (unpaired) electrons. The van der Waals surface area contributed by atoms with Crippen molar-refractivity contribution in [2.75, 3.05) is 32.5 Å². The van der Waals surface area contributed by atoms with Crippen molar-refractivity contribution < 1.29 is 4.74 Å². The lowest BCUT2D eigenvalue weighted by Crippen LogP contribution is -2.26. The van der Waals surface area contributed by atoms with Crippen molar-refractivity contribution in [1.29, 1.82) is 0 Å². The van der Waals surface area contributed by atoms with Gasteiger partial charge in [0.25, 0.3) is 0 Å². The molecule has 1 aliphatic rings. The molecule has 0 atom stereocenters. The summed E-state index contributed by atoms with van der Waals surface area (Å²) in [6.07, 6.45) is 6.24. The normalized spacial score (nSPS) is 16.5. The largest absolute Gasteiger partial charge is 0.399 e. The predicted molar refractivity (Wildman–Crippen MR) is 80.2 cm³/mol. The van der Waals surface area contributed by atoms with E-state index in [9.17, 15) is 0 Å². The quantitative estimate of drug-likeness (QED) is 0.531. The molecule has 1 aromatic carbocycles. The summed E-state index contributed by atoms with van der Waals surface area (Å²) < 4.78 is 5.17. The molecule has 3 heteroatoms. The molecule has 3 nitrogen and oxygen atoms in total. The van der Waals surface area contributed by atoms with Gasteiger partial charge in [0, 0.05) is 25.9 Å². The van der Waals surface area contributed by atoms with E-state index < -0.39 is 0 Å². The Labute approximate surface area is 116 Å². The molecule has 0 saturated heterocycles. The highest BCUT2D eigenvalue weighted by atomic mass is 16.5. The first-order valence-corrected chi connectivity index (χ1v) is 7.28. The van der Waals surface area contributed by atoms with Gasteiger partial charge in [0.2, 0.25) is 0 Å². The Balaban J connectivity index is 1.56. The van der Waals surface area contributed by atoms with Crippen LogP contribution < -0.4 is 11.1 Å². The van der Waals surface area contributed by atoms with Gasteiger partial charge in [0.1, 0.15) is 0 Å². The molecule has 1 aromatic rings. The highest BCUT2D eigenvalue weighted by Gasteiger charge is 2.41. The van der Waals surface area contributed by atoms with Crippen LogP contribution in [0.2, 0.25) is 0 Å². The van der Waals surface area contributed by atoms with Crippen LogP contribution in [-0.2, 0) is 11.2 Å². The van der Waals surface area contributed by atoms with Crippen LogP contribution in [0.15, 0.2) is 24.3 Å². The molecule has 2 rings (SSSR count). The molecule has 0 spiro atoms. The molecule has 19 heavy (non-hydrogen) atoms. The van der Waals surface area contributed by atoms with E-state index in [0.717, 1.165) is 31.8 Å². The van der Waals surface area contributed by atoms with Gasteiger partial charge >= 0.3 is 0 Å². The molecule has 0 amide bonds. The number of nitrogen functional groups attached to an aromatic ring is 1. The molecular weight excluding hydrogens is 236 g/mol. The molecule has 0 unspecified atom stereocenters. The zero-order valence-corrected chi connectivity index (χ0v) is 12.0. The number of methoxy groups -OCH3 is 1. The fourth-order valence-corrected chi connectivity index (χ4v) is 2.47. The summed E-state index contributed by atoms with van der Waals surface area (Å²) in [5, 5.41) is 3.60. The van der Waals surface area contributed by atoms with Crippen LogP contribution in [0.1, 0.15) is 31.2 Å². The summed E-state index contributed by atoms with van der Waals surface area (Å²) in [6.45, 7) is 3.14. The van der Waals surface area contributed by atoms with Gasteiger partial charge in [-0.1, -0.05) is 12.1 Å². The number of nitrogens with two attached hydrogens (primary N) is 1. The third-order valence-corrected chi connectivity index (χ3v) is 4.09. The Kier molecular flexibility index (Phi) is 5.23. The lowest BCUT2D eigenvalue weighted by Gasteiger charge is -2.15. The van der Waals surface area contributed by atoms with Crippen LogP contribution >= 0.6 is 0 Å². The second kappa shape index (κ2) is 6.92. The number of aryl methyl sites for hydroxylation is 1. The molecule has 1 saturated carbocycles. The second-order valence-electron chi connectivity index (χ2n) is 5.76. The van der Waals surface area contributed by atoms with Crippen molar-refractivity contribution in [1.82, 2.24) is 5.32 Å². The maximum Gasteiger partial charge on any atom is 0.0468 e. The second-order valence-corrected chi connectivity index (χ2v) is 5.76. The first-order valence-electron chi connectivity index (χ1n) is 7.28. The maximum absolute atomic E-state index is 5.68. The van der Waals surface area contributed by atoms with E-state index in [1.165, 1.54) is 31.2 Å². The van der Waals surface area contributed by atoms with Crippen LogP contribution in [0.3, 0.4) is 0 Å². The average Bonchev–Trinajstić information content (AvgIpc) is 3.19. The summed E-state index contributed by atoms with van der Waals surface area (Å²) in [7, 11) is 1.79.